The summed E-state index contributed by atoms with van der Waals surface area (Å²) in [5.74, 6) is -1.59. The lowest BCUT2D eigenvalue weighted by molar-refractivity contribution is -0.152. The lowest BCUT2D eigenvalue weighted by Crippen LogP contribution is -2.48. The number of fused-ring (bicyclic) bond motifs is 2. The second-order valence-electron chi connectivity index (χ2n) is 6.34. The summed E-state index contributed by atoms with van der Waals surface area (Å²) in [4.78, 5) is 26.2. The molecular weight excluding hydrogens is 270 g/mol. The summed E-state index contributed by atoms with van der Waals surface area (Å²) in [7, 11) is 0. The van der Waals surface area contributed by atoms with E-state index in [1.54, 1.807) is 0 Å². The largest absolute Gasteiger partial charge is 0.481 e. The van der Waals surface area contributed by atoms with Crippen LogP contribution in [-0.2, 0) is 14.3 Å². The first-order chi connectivity index (χ1) is 10.1. The van der Waals surface area contributed by atoms with Crippen LogP contribution in [0.4, 0.5) is 0 Å². The maximum atomic E-state index is 12.8. The molecule has 2 fully saturated rings. The number of amides is 1. The quantitative estimate of drug-likeness (QED) is 0.798. The van der Waals surface area contributed by atoms with Crippen LogP contribution in [0.5, 0.6) is 0 Å². The Hall–Kier alpha value is -1.36. The Morgan fingerprint density at radius 3 is 2.67 bits per heavy atom. The molecule has 1 amide bonds. The van der Waals surface area contributed by atoms with Crippen LogP contribution in [0.3, 0.4) is 0 Å². The van der Waals surface area contributed by atoms with Gasteiger partial charge in [0, 0.05) is 19.7 Å². The second-order valence-corrected chi connectivity index (χ2v) is 6.34. The van der Waals surface area contributed by atoms with E-state index in [2.05, 4.69) is 0 Å². The molecule has 0 radical (unpaired) electrons. The molecule has 3 aliphatic rings. The van der Waals surface area contributed by atoms with E-state index in [9.17, 15) is 14.7 Å². The number of carbonyl (C=O) groups excluding carboxylic acids is 1. The van der Waals surface area contributed by atoms with E-state index in [4.69, 9.17) is 4.74 Å². The predicted octanol–water partition coefficient (Wildman–Crippen LogP) is 1.54. The highest BCUT2D eigenvalue weighted by Crippen LogP contribution is 2.48. The molecule has 116 valence electrons. The van der Waals surface area contributed by atoms with Gasteiger partial charge >= 0.3 is 5.97 Å². The zero-order valence-corrected chi connectivity index (χ0v) is 12.4. The van der Waals surface area contributed by atoms with Crippen LogP contribution in [-0.4, -0.2) is 47.7 Å². The summed E-state index contributed by atoms with van der Waals surface area (Å²) in [6.07, 6.45) is 6.85. The van der Waals surface area contributed by atoms with Crippen molar-refractivity contribution in [1.82, 2.24) is 4.90 Å². The minimum atomic E-state index is -0.830. The molecular formula is C16H23NO4. The highest BCUT2D eigenvalue weighted by molar-refractivity contribution is 5.87. The van der Waals surface area contributed by atoms with Gasteiger partial charge in [0.15, 0.2) is 0 Å². The third-order valence-electron chi connectivity index (χ3n) is 5.12. The number of ether oxygens (including phenoxy) is 1. The molecule has 0 aromatic rings. The van der Waals surface area contributed by atoms with Gasteiger partial charge in [-0.1, -0.05) is 12.2 Å². The van der Waals surface area contributed by atoms with Crippen molar-refractivity contribution in [2.45, 2.75) is 32.3 Å². The van der Waals surface area contributed by atoms with Crippen molar-refractivity contribution in [3.63, 3.8) is 0 Å². The predicted molar refractivity (Wildman–Crippen MR) is 76.6 cm³/mol. The summed E-state index contributed by atoms with van der Waals surface area (Å²) in [5, 5.41) is 9.46. The van der Waals surface area contributed by atoms with Gasteiger partial charge in [0.2, 0.25) is 5.91 Å². The Balaban J connectivity index is 1.72. The lowest BCUT2D eigenvalue weighted by atomic mass is 9.81. The molecule has 1 saturated heterocycles. The average Bonchev–Trinajstić information content (AvgIpc) is 3.07. The zero-order chi connectivity index (χ0) is 15.0. The zero-order valence-electron chi connectivity index (χ0n) is 12.4. The molecule has 1 N–H and O–H groups in total. The summed E-state index contributed by atoms with van der Waals surface area (Å²) in [6.45, 7) is 3.95. The molecule has 2 aliphatic carbocycles. The number of aliphatic carboxylic acids is 1. The Morgan fingerprint density at radius 2 is 2.00 bits per heavy atom. The van der Waals surface area contributed by atoms with Crippen LogP contribution < -0.4 is 0 Å². The van der Waals surface area contributed by atoms with Crippen LogP contribution in [0.1, 0.15) is 26.2 Å². The molecule has 2 bridgehead atoms. The molecule has 1 aliphatic heterocycles. The molecule has 5 heteroatoms. The van der Waals surface area contributed by atoms with Crippen molar-refractivity contribution < 1.29 is 19.4 Å². The van der Waals surface area contributed by atoms with E-state index in [0.29, 0.717) is 13.2 Å². The fourth-order valence-corrected chi connectivity index (χ4v) is 4.22. The number of carboxylic acids is 1. The Morgan fingerprint density at radius 1 is 1.29 bits per heavy atom. The number of allylic oxidation sites excluding steroid dienone is 2. The first kappa shape index (κ1) is 14.6. The molecule has 1 heterocycles. The Bertz CT molecular complexity index is 459. The number of carboxylic acid groups (broad SMARTS) is 1. The van der Waals surface area contributed by atoms with E-state index in [0.717, 1.165) is 25.8 Å². The minimum absolute atomic E-state index is 0.0173. The molecule has 0 aromatic heterocycles. The highest BCUT2D eigenvalue weighted by atomic mass is 16.5. The number of carbonyl (C=O) groups is 2. The van der Waals surface area contributed by atoms with Gasteiger partial charge in [-0.3, -0.25) is 9.59 Å². The highest BCUT2D eigenvalue weighted by Gasteiger charge is 2.52. The fraction of sp³-hybridized carbons (Fsp3) is 0.750. The molecule has 3 rings (SSSR count). The molecule has 5 atom stereocenters. The van der Waals surface area contributed by atoms with E-state index in [-0.39, 0.29) is 29.8 Å². The number of hydrogen-bond acceptors (Lipinski definition) is 3. The van der Waals surface area contributed by atoms with Gasteiger partial charge in [-0.05, 0) is 38.0 Å². The minimum Gasteiger partial charge on any atom is -0.481 e. The van der Waals surface area contributed by atoms with Crippen LogP contribution in [0.25, 0.3) is 0 Å². The molecule has 1 saturated carbocycles. The van der Waals surface area contributed by atoms with Crippen LogP contribution in [0.2, 0.25) is 0 Å². The maximum Gasteiger partial charge on any atom is 0.307 e. The number of rotatable bonds is 4. The smallest absolute Gasteiger partial charge is 0.307 e. The van der Waals surface area contributed by atoms with Gasteiger partial charge in [0.1, 0.15) is 0 Å². The monoisotopic (exact) mass is 293 g/mol. The Labute approximate surface area is 124 Å². The van der Waals surface area contributed by atoms with Gasteiger partial charge in [-0.2, -0.15) is 0 Å². The van der Waals surface area contributed by atoms with E-state index in [1.807, 2.05) is 24.0 Å². The first-order valence-corrected chi connectivity index (χ1v) is 7.93. The van der Waals surface area contributed by atoms with E-state index in [1.165, 1.54) is 0 Å². The molecule has 21 heavy (non-hydrogen) atoms. The van der Waals surface area contributed by atoms with Crippen molar-refractivity contribution in [3.8, 4) is 0 Å². The van der Waals surface area contributed by atoms with E-state index < -0.39 is 11.9 Å². The standard InChI is InChI=1S/C16H23NO4/c1-2-21-12-4-3-7-17(9-12)15(18)13-10-5-6-11(8-10)14(13)16(19)20/h5-6,10-14H,2-4,7-9H2,1H3,(H,19,20). The topological polar surface area (TPSA) is 66.8 Å². The molecule has 0 aromatic carbocycles. The number of nitrogens with zero attached hydrogens (tertiary/aromatic N) is 1. The van der Waals surface area contributed by atoms with Gasteiger partial charge in [-0.25, -0.2) is 0 Å². The summed E-state index contributed by atoms with van der Waals surface area (Å²) >= 11 is 0. The van der Waals surface area contributed by atoms with Crippen molar-refractivity contribution in [2.24, 2.45) is 23.7 Å². The number of piperidine rings is 1. The SMILES string of the molecule is CCOC1CCCN(C(=O)C2C3C=CC(C3)C2C(=O)O)C1. The molecule has 5 nitrogen and oxygen atoms in total. The van der Waals surface area contributed by atoms with Crippen LogP contribution in [0.15, 0.2) is 12.2 Å². The maximum absolute atomic E-state index is 12.8. The summed E-state index contributed by atoms with van der Waals surface area (Å²) < 4.78 is 5.64. The summed E-state index contributed by atoms with van der Waals surface area (Å²) in [5.41, 5.74) is 0. The first-order valence-electron chi connectivity index (χ1n) is 7.93. The van der Waals surface area contributed by atoms with Gasteiger partial charge in [0.05, 0.1) is 17.9 Å². The fourth-order valence-electron chi connectivity index (χ4n) is 4.22. The second kappa shape index (κ2) is 5.79. The average molecular weight is 293 g/mol. The van der Waals surface area contributed by atoms with Crippen molar-refractivity contribution in [3.05, 3.63) is 12.2 Å². The number of hydrogen-bond donors (Lipinski definition) is 1. The Kier molecular flexibility index (Phi) is 4.02. The number of likely N-dealkylation sites (tertiary alicyclic amines) is 1. The summed E-state index contributed by atoms with van der Waals surface area (Å²) in [6, 6.07) is 0. The van der Waals surface area contributed by atoms with Gasteiger partial charge < -0.3 is 14.7 Å². The van der Waals surface area contributed by atoms with Gasteiger partial charge in [0.25, 0.3) is 0 Å². The van der Waals surface area contributed by atoms with Crippen LogP contribution >= 0.6 is 0 Å². The van der Waals surface area contributed by atoms with Crippen molar-refractivity contribution >= 4 is 11.9 Å². The third kappa shape index (κ3) is 2.59. The molecule has 0 spiro atoms. The van der Waals surface area contributed by atoms with Crippen molar-refractivity contribution in [2.75, 3.05) is 19.7 Å². The van der Waals surface area contributed by atoms with Crippen molar-refractivity contribution in [1.29, 1.82) is 0 Å². The molecule has 5 unspecified atom stereocenters. The van der Waals surface area contributed by atoms with Crippen LogP contribution in [0, 0.1) is 23.7 Å². The third-order valence-corrected chi connectivity index (χ3v) is 5.12. The normalized spacial score (nSPS) is 38.0. The lowest BCUT2D eigenvalue weighted by Gasteiger charge is -2.36. The van der Waals surface area contributed by atoms with E-state index >= 15 is 0 Å². The van der Waals surface area contributed by atoms with Gasteiger partial charge in [-0.15, -0.1) is 0 Å².